The molecule has 0 fully saturated rings. The molecule has 1 aliphatic heterocycles. The first-order valence-electron chi connectivity index (χ1n) is 10.6. The maximum Gasteiger partial charge on any atom is 0.435 e. The van der Waals surface area contributed by atoms with E-state index in [0.717, 1.165) is 32.5 Å². The molecule has 0 unspecified atom stereocenters. The van der Waals surface area contributed by atoms with E-state index < -0.39 is 11.9 Å². The molecule has 5 nitrogen and oxygen atoms in total. The number of aryl methyl sites for hydroxylation is 3. The molecule has 0 bridgehead atoms. The number of amides is 1. The third-order valence-corrected chi connectivity index (χ3v) is 6.20. The third kappa shape index (κ3) is 3.46. The highest BCUT2D eigenvalue weighted by molar-refractivity contribution is 6.12. The van der Waals surface area contributed by atoms with Gasteiger partial charge in [-0.2, -0.15) is 18.3 Å². The molecule has 33 heavy (non-hydrogen) atoms. The van der Waals surface area contributed by atoms with Gasteiger partial charge in [0.05, 0.1) is 11.2 Å². The van der Waals surface area contributed by atoms with Crippen LogP contribution in [0.4, 0.5) is 18.9 Å². The third-order valence-electron chi connectivity index (χ3n) is 6.20. The van der Waals surface area contributed by atoms with Gasteiger partial charge in [0.2, 0.25) is 0 Å². The van der Waals surface area contributed by atoms with E-state index in [0.29, 0.717) is 29.7 Å². The molecule has 0 saturated heterocycles. The number of aromatic nitrogens is 3. The van der Waals surface area contributed by atoms with E-state index in [4.69, 9.17) is 0 Å². The van der Waals surface area contributed by atoms with Crippen LogP contribution in [-0.4, -0.2) is 27.2 Å². The Bertz CT molecular complexity index is 1420. The van der Waals surface area contributed by atoms with Crippen molar-refractivity contribution in [2.75, 3.05) is 11.4 Å². The maximum atomic E-state index is 13.6. The first-order chi connectivity index (χ1) is 15.6. The summed E-state index contributed by atoms with van der Waals surface area (Å²) < 4.78 is 41.9. The molecule has 0 spiro atoms. The number of carbonyl (C=O) groups excluding carboxylic acids is 1. The van der Waals surface area contributed by atoms with E-state index >= 15 is 0 Å². The number of halogens is 3. The second kappa shape index (κ2) is 7.43. The zero-order chi connectivity index (χ0) is 23.5. The largest absolute Gasteiger partial charge is 0.435 e. The van der Waals surface area contributed by atoms with Gasteiger partial charge in [-0.3, -0.25) is 14.5 Å². The lowest BCUT2D eigenvalue weighted by Crippen LogP contribution is -2.38. The van der Waals surface area contributed by atoms with Crippen molar-refractivity contribution in [2.45, 2.75) is 26.4 Å². The first kappa shape index (κ1) is 21.2. The molecule has 5 rings (SSSR count). The fourth-order valence-electron chi connectivity index (χ4n) is 4.52. The van der Waals surface area contributed by atoms with E-state index in [1.54, 1.807) is 23.1 Å². The number of alkyl halides is 3. The predicted octanol–water partition coefficient (Wildman–Crippen LogP) is 5.47. The summed E-state index contributed by atoms with van der Waals surface area (Å²) in [7, 11) is 1.46. The number of hydrogen-bond acceptors (Lipinski definition) is 3. The lowest BCUT2D eigenvalue weighted by Gasteiger charge is -2.31. The van der Waals surface area contributed by atoms with Crippen LogP contribution in [0.25, 0.3) is 22.0 Å². The molecule has 0 saturated carbocycles. The molecule has 2 aromatic carbocycles. The molecule has 1 aliphatic rings. The van der Waals surface area contributed by atoms with E-state index in [1.165, 1.54) is 13.2 Å². The summed E-state index contributed by atoms with van der Waals surface area (Å²) >= 11 is 0. The van der Waals surface area contributed by atoms with Gasteiger partial charge in [-0.05, 0) is 61.2 Å². The maximum absolute atomic E-state index is 13.6. The highest BCUT2D eigenvalue weighted by Crippen LogP contribution is 2.40. The molecule has 4 aromatic rings. The van der Waals surface area contributed by atoms with Gasteiger partial charge in [-0.1, -0.05) is 18.2 Å². The van der Waals surface area contributed by atoms with Crippen molar-refractivity contribution in [3.8, 4) is 11.1 Å². The minimum absolute atomic E-state index is 0.0106. The standard InChI is InChI=1S/C25H21F3N4O/c1-14-12-19-21(29-15(14)2)8-5-9-22(19)32-11-10-17-16(6-4-7-18(17)24(32)33)20-13-31(3)30-23(20)25(26,27)28/h4-9,12-13H,10-11H2,1-3H3. The van der Waals surface area contributed by atoms with E-state index in [1.807, 2.05) is 38.1 Å². The number of benzene rings is 2. The summed E-state index contributed by atoms with van der Waals surface area (Å²) in [5, 5.41) is 4.50. The Morgan fingerprint density at radius 2 is 1.73 bits per heavy atom. The number of nitrogens with zero attached hydrogens (tertiary/aromatic N) is 4. The van der Waals surface area contributed by atoms with Crippen LogP contribution in [0.2, 0.25) is 0 Å². The van der Waals surface area contributed by atoms with Crippen molar-refractivity contribution >= 4 is 22.5 Å². The fourth-order valence-corrected chi connectivity index (χ4v) is 4.52. The fraction of sp³-hybridized carbons (Fsp3) is 0.240. The van der Waals surface area contributed by atoms with Gasteiger partial charge in [0.15, 0.2) is 5.69 Å². The summed E-state index contributed by atoms with van der Waals surface area (Å²) in [6, 6.07) is 12.6. The van der Waals surface area contributed by atoms with Gasteiger partial charge in [0.25, 0.3) is 5.91 Å². The Morgan fingerprint density at radius 1 is 1.00 bits per heavy atom. The monoisotopic (exact) mass is 450 g/mol. The topological polar surface area (TPSA) is 51.0 Å². The quantitative estimate of drug-likeness (QED) is 0.407. The Labute approximate surface area is 188 Å². The van der Waals surface area contributed by atoms with Gasteiger partial charge < -0.3 is 4.90 Å². The highest BCUT2D eigenvalue weighted by Gasteiger charge is 2.38. The second-order valence-corrected chi connectivity index (χ2v) is 8.34. The Balaban J connectivity index is 1.62. The predicted molar refractivity (Wildman–Crippen MR) is 120 cm³/mol. The van der Waals surface area contributed by atoms with Crippen molar-refractivity contribution in [1.82, 2.24) is 14.8 Å². The Morgan fingerprint density at radius 3 is 2.48 bits per heavy atom. The number of anilines is 1. The number of fused-ring (bicyclic) bond motifs is 2. The molecule has 3 heterocycles. The van der Waals surface area contributed by atoms with Gasteiger partial charge >= 0.3 is 6.18 Å². The highest BCUT2D eigenvalue weighted by atomic mass is 19.4. The summed E-state index contributed by atoms with van der Waals surface area (Å²) in [5.74, 6) is -0.235. The van der Waals surface area contributed by atoms with Gasteiger partial charge in [0, 0.05) is 42.0 Å². The van der Waals surface area contributed by atoms with Crippen LogP contribution in [0.1, 0.15) is 32.9 Å². The number of pyridine rings is 1. The smallest absolute Gasteiger partial charge is 0.307 e. The Hall–Kier alpha value is -3.68. The first-order valence-corrected chi connectivity index (χ1v) is 10.6. The number of rotatable bonds is 2. The second-order valence-electron chi connectivity index (χ2n) is 8.34. The molecule has 0 radical (unpaired) electrons. The van der Waals surface area contributed by atoms with E-state index in [2.05, 4.69) is 10.1 Å². The zero-order valence-electron chi connectivity index (χ0n) is 18.4. The molecule has 2 aromatic heterocycles. The van der Waals surface area contributed by atoms with Crippen molar-refractivity contribution in [3.05, 3.63) is 76.7 Å². The van der Waals surface area contributed by atoms with Crippen LogP contribution >= 0.6 is 0 Å². The summed E-state index contributed by atoms with van der Waals surface area (Å²) in [4.78, 5) is 19.9. The van der Waals surface area contributed by atoms with E-state index in [9.17, 15) is 18.0 Å². The molecule has 8 heteroatoms. The molecule has 168 valence electrons. The summed E-state index contributed by atoms with van der Waals surface area (Å²) in [6.07, 6.45) is -2.80. The van der Waals surface area contributed by atoms with Gasteiger partial charge in [0.1, 0.15) is 0 Å². The average Bonchev–Trinajstić information content (AvgIpc) is 3.17. The number of carbonyl (C=O) groups is 1. The van der Waals surface area contributed by atoms with Gasteiger partial charge in [-0.25, -0.2) is 0 Å². The van der Waals surface area contributed by atoms with Crippen LogP contribution in [0, 0.1) is 13.8 Å². The van der Waals surface area contributed by atoms with Crippen LogP contribution in [-0.2, 0) is 19.6 Å². The number of hydrogen-bond donors (Lipinski definition) is 0. The van der Waals surface area contributed by atoms with Crippen LogP contribution in [0.5, 0.6) is 0 Å². The Kier molecular flexibility index (Phi) is 4.77. The van der Waals surface area contributed by atoms with Crippen molar-refractivity contribution in [1.29, 1.82) is 0 Å². The minimum Gasteiger partial charge on any atom is -0.307 e. The SMILES string of the molecule is Cc1cc2c(N3CCc4c(cccc4-c4cn(C)nc4C(F)(F)F)C3=O)cccc2nc1C. The molecular formula is C25H21F3N4O. The van der Waals surface area contributed by atoms with Crippen molar-refractivity contribution < 1.29 is 18.0 Å². The lowest BCUT2D eigenvalue weighted by molar-refractivity contribution is -0.140. The molecule has 0 aliphatic carbocycles. The van der Waals surface area contributed by atoms with Crippen LogP contribution < -0.4 is 4.90 Å². The normalized spacial score (nSPS) is 14.1. The molecule has 0 atom stereocenters. The average molecular weight is 450 g/mol. The van der Waals surface area contributed by atoms with Crippen molar-refractivity contribution in [3.63, 3.8) is 0 Å². The van der Waals surface area contributed by atoms with Crippen LogP contribution in [0.3, 0.4) is 0 Å². The minimum atomic E-state index is -4.59. The lowest BCUT2D eigenvalue weighted by atomic mass is 9.90. The summed E-state index contributed by atoms with van der Waals surface area (Å²) in [6.45, 7) is 4.28. The van der Waals surface area contributed by atoms with Crippen LogP contribution in [0.15, 0.2) is 48.7 Å². The van der Waals surface area contributed by atoms with Gasteiger partial charge in [-0.15, -0.1) is 0 Å². The zero-order valence-corrected chi connectivity index (χ0v) is 18.4. The molecular weight excluding hydrogens is 429 g/mol. The van der Waals surface area contributed by atoms with E-state index in [-0.39, 0.29) is 11.5 Å². The molecule has 1 amide bonds. The summed E-state index contributed by atoms with van der Waals surface area (Å²) in [5.41, 5.74) is 3.96. The molecule has 0 N–H and O–H groups in total. The van der Waals surface area contributed by atoms with Crippen molar-refractivity contribution in [2.24, 2.45) is 7.05 Å².